The van der Waals surface area contributed by atoms with Crippen molar-refractivity contribution < 1.29 is 24.2 Å². The molecule has 0 aliphatic heterocycles. The van der Waals surface area contributed by atoms with Crippen molar-refractivity contribution in [3.05, 3.63) is 0 Å². The Morgan fingerprint density at radius 1 is 1.46 bits per heavy atom. The minimum absolute atomic E-state index is 0.209. The summed E-state index contributed by atoms with van der Waals surface area (Å²) in [5.41, 5.74) is 0. The van der Waals surface area contributed by atoms with E-state index in [1.165, 1.54) is 14.2 Å². The van der Waals surface area contributed by atoms with Crippen LogP contribution in [0.1, 0.15) is 6.42 Å². The number of methoxy groups -OCH3 is 2. The molecule has 0 spiro atoms. The van der Waals surface area contributed by atoms with Crippen LogP contribution in [0.5, 0.6) is 0 Å². The molecule has 0 heterocycles. The van der Waals surface area contributed by atoms with E-state index in [1.54, 1.807) is 0 Å². The Morgan fingerprint density at radius 3 is 2.46 bits per heavy atom. The number of carbonyl (C=O) groups is 2. The molecule has 0 aromatic heterocycles. The number of carboxylic acid groups (broad SMARTS) is 1. The van der Waals surface area contributed by atoms with E-state index in [0.29, 0.717) is 0 Å². The fraction of sp³-hybridized carbons (Fsp3) is 0.714. The molecule has 1 amide bonds. The lowest BCUT2D eigenvalue weighted by Gasteiger charge is -2.12. The van der Waals surface area contributed by atoms with Gasteiger partial charge in [-0.15, -0.1) is 0 Å². The minimum Gasteiger partial charge on any atom is -0.480 e. The summed E-state index contributed by atoms with van der Waals surface area (Å²) in [5.74, 6) is -1.11. The zero-order valence-electron chi connectivity index (χ0n) is 7.57. The maximum Gasteiger partial charge on any atom is 0.407 e. The lowest BCUT2D eigenvalue weighted by molar-refractivity contribution is -0.139. The van der Waals surface area contributed by atoms with Crippen LogP contribution in [0, 0.1) is 0 Å². The van der Waals surface area contributed by atoms with Gasteiger partial charge in [0.1, 0.15) is 6.04 Å². The molecule has 6 heteroatoms. The van der Waals surface area contributed by atoms with Crippen molar-refractivity contribution >= 4 is 12.1 Å². The Morgan fingerprint density at radius 2 is 2.08 bits per heavy atom. The molecule has 13 heavy (non-hydrogen) atoms. The van der Waals surface area contributed by atoms with Gasteiger partial charge in [-0.1, -0.05) is 0 Å². The van der Waals surface area contributed by atoms with E-state index >= 15 is 0 Å². The van der Waals surface area contributed by atoms with E-state index in [4.69, 9.17) is 5.11 Å². The molecular weight excluding hydrogens is 178 g/mol. The van der Waals surface area contributed by atoms with Crippen molar-refractivity contribution in [3.63, 3.8) is 0 Å². The number of carboxylic acids is 1. The van der Waals surface area contributed by atoms with E-state index in [9.17, 15) is 9.59 Å². The average molecular weight is 191 g/mol. The first kappa shape index (κ1) is 11.7. The van der Waals surface area contributed by atoms with E-state index in [1.807, 2.05) is 0 Å². The molecule has 2 N–H and O–H groups in total. The predicted molar refractivity (Wildman–Crippen MR) is 43.5 cm³/mol. The zero-order chi connectivity index (χ0) is 10.3. The van der Waals surface area contributed by atoms with Crippen LogP contribution in [0.3, 0.4) is 0 Å². The molecule has 0 rings (SSSR count). The third-order valence-corrected chi connectivity index (χ3v) is 1.39. The lowest BCUT2D eigenvalue weighted by atomic mass is 10.2. The van der Waals surface area contributed by atoms with Crippen LogP contribution in [0.2, 0.25) is 0 Å². The Kier molecular flexibility index (Phi) is 5.62. The van der Waals surface area contributed by atoms with Crippen molar-refractivity contribution in [1.29, 1.82) is 0 Å². The van der Waals surface area contributed by atoms with Gasteiger partial charge in [0.05, 0.1) is 7.11 Å². The van der Waals surface area contributed by atoms with Crippen LogP contribution in [0.4, 0.5) is 4.79 Å². The number of hydrogen-bond donors (Lipinski definition) is 2. The van der Waals surface area contributed by atoms with Gasteiger partial charge in [-0.3, -0.25) is 0 Å². The number of ether oxygens (including phenoxy) is 2. The highest BCUT2D eigenvalue weighted by Gasteiger charge is 2.19. The third-order valence-electron chi connectivity index (χ3n) is 1.39. The van der Waals surface area contributed by atoms with Crippen LogP contribution in [-0.2, 0) is 14.3 Å². The molecule has 0 saturated carbocycles. The summed E-state index contributed by atoms with van der Waals surface area (Å²) in [5, 5.41) is 10.8. The molecule has 0 fully saturated rings. The molecule has 0 saturated heterocycles. The van der Waals surface area contributed by atoms with E-state index in [-0.39, 0.29) is 13.0 Å². The fourth-order valence-electron chi connectivity index (χ4n) is 0.694. The quantitative estimate of drug-likeness (QED) is 0.630. The summed E-state index contributed by atoms with van der Waals surface area (Å²) >= 11 is 0. The summed E-state index contributed by atoms with van der Waals surface area (Å²) in [4.78, 5) is 21.2. The summed E-state index contributed by atoms with van der Waals surface area (Å²) < 4.78 is 8.94. The van der Waals surface area contributed by atoms with Crippen molar-refractivity contribution in [3.8, 4) is 0 Å². The minimum atomic E-state index is -1.11. The monoisotopic (exact) mass is 191 g/mol. The Labute approximate surface area is 75.8 Å². The van der Waals surface area contributed by atoms with Crippen LogP contribution < -0.4 is 5.32 Å². The Balaban J connectivity index is 3.94. The molecule has 0 aromatic carbocycles. The van der Waals surface area contributed by atoms with Gasteiger partial charge in [-0.05, 0) is 0 Å². The van der Waals surface area contributed by atoms with Crippen LogP contribution in [-0.4, -0.2) is 44.0 Å². The topological polar surface area (TPSA) is 84.9 Å². The highest BCUT2D eigenvalue weighted by molar-refractivity contribution is 5.79. The molecule has 6 nitrogen and oxygen atoms in total. The summed E-state index contributed by atoms with van der Waals surface area (Å²) in [6, 6.07) is -0.965. The Hall–Kier alpha value is -1.30. The van der Waals surface area contributed by atoms with Gasteiger partial charge in [-0.2, -0.15) is 0 Å². The molecule has 0 unspecified atom stereocenters. The fourth-order valence-corrected chi connectivity index (χ4v) is 0.694. The van der Waals surface area contributed by atoms with Gasteiger partial charge >= 0.3 is 12.1 Å². The van der Waals surface area contributed by atoms with Gasteiger partial charge < -0.3 is 19.9 Å². The van der Waals surface area contributed by atoms with Crippen molar-refractivity contribution in [2.75, 3.05) is 20.8 Å². The van der Waals surface area contributed by atoms with Crippen LogP contribution >= 0.6 is 0 Å². The van der Waals surface area contributed by atoms with E-state index in [2.05, 4.69) is 14.8 Å². The third kappa shape index (κ3) is 5.02. The molecule has 1 atom stereocenters. The predicted octanol–water partition coefficient (Wildman–Crippen LogP) is -0.168. The first-order valence-corrected chi connectivity index (χ1v) is 3.68. The number of carbonyl (C=O) groups excluding carboxylic acids is 1. The lowest BCUT2D eigenvalue weighted by Crippen LogP contribution is -2.41. The standard InChI is InChI=1S/C7H13NO5/c1-12-4-3-5(6(9)10)8-7(11)13-2/h5H,3-4H2,1-2H3,(H,8,11)(H,9,10)/t5-/m1/s1. The summed E-state index contributed by atoms with van der Waals surface area (Å²) in [6.45, 7) is 0.265. The molecule has 0 aliphatic rings. The van der Waals surface area contributed by atoms with Crippen LogP contribution in [0.15, 0.2) is 0 Å². The zero-order valence-corrected chi connectivity index (χ0v) is 7.57. The number of amides is 1. The second-order valence-corrected chi connectivity index (χ2v) is 2.31. The highest BCUT2D eigenvalue weighted by Crippen LogP contribution is 1.93. The molecular formula is C7H13NO5. The van der Waals surface area contributed by atoms with Crippen molar-refractivity contribution in [2.24, 2.45) is 0 Å². The second kappa shape index (κ2) is 6.24. The van der Waals surface area contributed by atoms with Gasteiger partial charge in [0.25, 0.3) is 0 Å². The largest absolute Gasteiger partial charge is 0.480 e. The van der Waals surface area contributed by atoms with Gasteiger partial charge in [0.15, 0.2) is 0 Å². The smallest absolute Gasteiger partial charge is 0.407 e. The van der Waals surface area contributed by atoms with Gasteiger partial charge in [0, 0.05) is 20.1 Å². The maximum absolute atomic E-state index is 10.7. The number of rotatable bonds is 5. The average Bonchev–Trinajstić information content (AvgIpc) is 2.11. The van der Waals surface area contributed by atoms with Crippen molar-refractivity contribution in [2.45, 2.75) is 12.5 Å². The number of aliphatic carboxylic acids is 1. The van der Waals surface area contributed by atoms with Gasteiger partial charge in [-0.25, -0.2) is 9.59 Å². The number of alkyl carbamates (subject to hydrolysis) is 1. The van der Waals surface area contributed by atoms with Crippen molar-refractivity contribution in [1.82, 2.24) is 5.32 Å². The molecule has 0 aliphatic carbocycles. The second-order valence-electron chi connectivity index (χ2n) is 2.31. The molecule has 0 bridgehead atoms. The maximum atomic E-state index is 10.7. The van der Waals surface area contributed by atoms with Gasteiger partial charge in [0.2, 0.25) is 0 Å². The Bertz CT molecular complexity index is 182. The first-order chi connectivity index (χ1) is 6.11. The molecule has 76 valence electrons. The normalized spacial score (nSPS) is 11.8. The SMILES string of the molecule is COCC[C@@H](NC(=O)OC)C(=O)O. The van der Waals surface area contributed by atoms with Crippen LogP contribution in [0.25, 0.3) is 0 Å². The highest BCUT2D eigenvalue weighted by atomic mass is 16.5. The molecule has 0 aromatic rings. The summed E-state index contributed by atoms with van der Waals surface area (Å²) in [6.07, 6.45) is -0.551. The summed E-state index contributed by atoms with van der Waals surface area (Å²) in [7, 11) is 2.63. The first-order valence-electron chi connectivity index (χ1n) is 3.68. The molecule has 0 radical (unpaired) electrons. The number of nitrogens with one attached hydrogen (secondary N) is 1. The number of hydrogen-bond acceptors (Lipinski definition) is 4. The van der Waals surface area contributed by atoms with E-state index in [0.717, 1.165) is 0 Å². The van der Waals surface area contributed by atoms with E-state index < -0.39 is 18.1 Å².